The Balaban J connectivity index is 2.30. The summed E-state index contributed by atoms with van der Waals surface area (Å²) in [4.78, 5) is 0. The zero-order chi connectivity index (χ0) is 12.2. The van der Waals surface area contributed by atoms with Gasteiger partial charge in [0.05, 0.1) is 0 Å². The molecular formula is C8H11F3N2OS2. The second-order valence-corrected chi connectivity index (χ2v) is 5.19. The largest absolute Gasteiger partial charge is 0.415 e. The molecule has 0 unspecified atom stereocenters. The fourth-order valence-corrected chi connectivity index (χ4v) is 2.67. The molecule has 0 aromatic carbocycles. The number of alkyl halides is 3. The molecule has 0 spiro atoms. The summed E-state index contributed by atoms with van der Waals surface area (Å²) in [7, 11) is 0. The molecule has 16 heavy (non-hydrogen) atoms. The lowest BCUT2D eigenvalue weighted by Gasteiger charge is -2.12. The minimum absolute atomic E-state index is 0.352. The van der Waals surface area contributed by atoms with E-state index in [1.54, 1.807) is 0 Å². The van der Waals surface area contributed by atoms with E-state index in [1.165, 1.54) is 11.3 Å². The van der Waals surface area contributed by atoms with Crippen LogP contribution in [0.3, 0.4) is 0 Å². The zero-order valence-electron chi connectivity index (χ0n) is 8.49. The first-order valence-corrected chi connectivity index (χ1v) is 6.54. The van der Waals surface area contributed by atoms with Crippen molar-refractivity contribution < 1.29 is 18.3 Å². The number of aliphatic hydroxyl groups is 1. The number of nitrogens with zero attached hydrogens (tertiary/aromatic N) is 2. The maximum absolute atomic E-state index is 11.9. The van der Waals surface area contributed by atoms with Crippen LogP contribution in [0.25, 0.3) is 0 Å². The van der Waals surface area contributed by atoms with E-state index in [1.807, 2.05) is 6.92 Å². The Bertz CT molecular complexity index is 329. The minimum Gasteiger partial charge on any atom is -0.383 e. The predicted molar refractivity (Wildman–Crippen MR) is 57.5 cm³/mol. The highest BCUT2D eigenvalue weighted by molar-refractivity contribution is 7.98. The van der Waals surface area contributed by atoms with Crippen molar-refractivity contribution >= 4 is 23.1 Å². The molecule has 0 fully saturated rings. The third-order valence-electron chi connectivity index (χ3n) is 1.69. The van der Waals surface area contributed by atoms with Crippen LogP contribution in [0, 0.1) is 0 Å². The highest BCUT2D eigenvalue weighted by Gasteiger charge is 2.37. The molecule has 1 aromatic heterocycles. The maximum atomic E-state index is 11.9. The molecule has 0 radical (unpaired) electrons. The molecular weight excluding hydrogens is 261 g/mol. The van der Waals surface area contributed by atoms with Crippen LogP contribution >= 0.6 is 23.1 Å². The van der Waals surface area contributed by atoms with Crippen LogP contribution in [-0.2, 0) is 12.2 Å². The van der Waals surface area contributed by atoms with Gasteiger partial charge in [-0.2, -0.15) is 24.9 Å². The smallest absolute Gasteiger partial charge is 0.383 e. The van der Waals surface area contributed by atoms with Crippen LogP contribution in [0.2, 0.25) is 0 Å². The topological polar surface area (TPSA) is 46.0 Å². The number of thioether (sulfide) groups is 1. The monoisotopic (exact) mass is 272 g/mol. The Morgan fingerprint density at radius 3 is 2.50 bits per heavy atom. The number of rotatable bonds is 5. The van der Waals surface area contributed by atoms with E-state index in [-0.39, 0.29) is 5.75 Å². The summed E-state index contributed by atoms with van der Waals surface area (Å²) >= 11 is 2.39. The van der Waals surface area contributed by atoms with Crippen molar-refractivity contribution in [2.24, 2.45) is 0 Å². The van der Waals surface area contributed by atoms with Crippen LogP contribution in [0.4, 0.5) is 13.2 Å². The van der Waals surface area contributed by atoms with E-state index >= 15 is 0 Å². The molecule has 0 saturated heterocycles. The predicted octanol–water partition coefficient (Wildman–Crippen LogP) is 2.26. The summed E-state index contributed by atoms with van der Waals surface area (Å²) < 4.78 is 35.8. The van der Waals surface area contributed by atoms with Gasteiger partial charge >= 0.3 is 6.18 Å². The molecule has 1 N–H and O–H groups in total. The van der Waals surface area contributed by atoms with E-state index in [2.05, 4.69) is 10.2 Å². The Kier molecular flexibility index (Phi) is 5.00. The van der Waals surface area contributed by atoms with Gasteiger partial charge in [0, 0.05) is 11.5 Å². The van der Waals surface area contributed by atoms with Crippen molar-refractivity contribution in [1.82, 2.24) is 10.2 Å². The summed E-state index contributed by atoms with van der Waals surface area (Å²) in [6, 6.07) is 0. The van der Waals surface area contributed by atoms with Gasteiger partial charge in [-0.3, -0.25) is 0 Å². The Morgan fingerprint density at radius 1 is 1.38 bits per heavy atom. The summed E-state index contributed by atoms with van der Waals surface area (Å²) in [5.41, 5.74) is 0. The van der Waals surface area contributed by atoms with E-state index < -0.39 is 12.3 Å². The number of aromatic nitrogens is 2. The Labute approximate surface area is 99.1 Å². The Hall–Kier alpha value is -0.340. The molecule has 0 aliphatic heterocycles. The number of halogens is 3. The van der Waals surface area contributed by atoms with Crippen molar-refractivity contribution in [3.8, 4) is 0 Å². The Morgan fingerprint density at radius 2 is 2.00 bits per heavy atom. The second kappa shape index (κ2) is 5.83. The van der Waals surface area contributed by atoms with Gasteiger partial charge in [0.1, 0.15) is 10.0 Å². The number of aliphatic hydroxyl groups excluding tert-OH is 1. The molecule has 92 valence electrons. The lowest BCUT2D eigenvalue weighted by Crippen LogP contribution is -2.30. The molecule has 3 nitrogen and oxygen atoms in total. The van der Waals surface area contributed by atoms with Crippen molar-refractivity contribution in [2.75, 3.05) is 5.75 Å². The quantitative estimate of drug-likeness (QED) is 0.893. The minimum atomic E-state index is -4.54. The average Bonchev–Trinajstić information content (AvgIpc) is 2.64. The summed E-state index contributed by atoms with van der Waals surface area (Å²) in [6.07, 6.45) is -6.04. The lowest BCUT2D eigenvalue weighted by atomic mass is 10.4. The number of hydrogen-bond acceptors (Lipinski definition) is 5. The van der Waals surface area contributed by atoms with Gasteiger partial charge in [-0.05, 0) is 6.42 Å². The fourth-order valence-electron chi connectivity index (χ4n) is 0.842. The summed E-state index contributed by atoms with van der Waals surface area (Å²) in [5.74, 6) is -0.0185. The summed E-state index contributed by atoms with van der Waals surface area (Å²) in [6.45, 7) is 1.94. The molecule has 0 aliphatic carbocycles. The third-order valence-corrected chi connectivity index (χ3v) is 3.97. The van der Waals surface area contributed by atoms with E-state index in [4.69, 9.17) is 5.11 Å². The first-order valence-electron chi connectivity index (χ1n) is 4.57. The zero-order valence-corrected chi connectivity index (χ0v) is 10.1. The van der Waals surface area contributed by atoms with Crippen LogP contribution in [0.15, 0.2) is 0 Å². The molecule has 0 bridgehead atoms. The molecule has 1 heterocycles. The fraction of sp³-hybridized carbons (Fsp3) is 0.750. The first-order chi connectivity index (χ1) is 7.43. The standard InChI is InChI=1S/C8H11F3N2OS2/c1-2-6-12-13-7(16-6)4-15-3-5(14)8(9,10)11/h5,14H,2-4H2,1H3/t5-/m0/s1. The van der Waals surface area contributed by atoms with Gasteiger partial charge in [0.15, 0.2) is 6.10 Å². The van der Waals surface area contributed by atoms with Gasteiger partial charge in [-0.1, -0.05) is 6.92 Å². The average molecular weight is 272 g/mol. The molecule has 0 amide bonds. The van der Waals surface area contributed by atoms with Gasteiger partial charge in [-0.25, -0.2) is 0 Å². The van der Waals surface area contributed by atoms with Crippen molar-refractivity contribution in [3.05, 3.63) is 10.0 Å². The third kappa shape index (κ3) is 4.26. The SMILES string of the molecule is CCc1nnc(CSC[C@H](O)C(F)(F)F)s1. The van der Waals surface area contributed by atoms with E-state index in [9.17, 15) is 13.2 Å². The van der Waals surface area contributed by atoms with Gasteiger partial charge < -0.3 is 5.11 Å². The van der Waals surface area contributed by atoms with Crippen LogP contribution in [0.5, 0.6) is 0 Å². The van der Waals surface area contributed by atoms with Gasteiger partial charge in [-0.15, -0.1) is 21.5 Å². The van der Waals surface area contributed by atoms with Gasteiger partial charge in [0.25, 0.3) is 0 Å². The van der Waals surface area contributed by atoms with Crippen molar-refractivity contribution in [1.29, 1.82) is 0 Å². The maximum Gasteiger partial charge on any atom is 0.415 e. The lowest BCUT2D eigenvalue weighted by molar-refractivity contribution is -0.195. The van der Waals surface area contributed by atoms with Crippen molar-refractivity contribution in [3.63, 3.8) is 0 Å². The van der Waals surface area contributed by atoms with E-state index in [0.29, 0.717) is 10.8 Å². The van der Waals surface area contributed by atoms with Crippen LogP contribution in [0.1, 0.15) is 16.9 Å². The molecule has 8 heteroatoms. The molecule has 1 rings (SSSR count). The first kappa shape index (κ1) is 13.7. The molecule has 0 saturated carbocycles. The second-order valence-electron chi connectivity index (χ2n) is 3.02. The highest BCUT2D eigenvalue weighted by atomic mass is 32.2. The number of aryl methyl sites for hydroxylation is 1. The highest BCUT2D eigenvalue weighted by Crippen LogP contribution is 2.25. The van der Waals surface area contributed by atoms with Crippen molar-refractivity contribution in [2.45, 2.75) is 31.4 Å². The van der Waals surface area contributed by atoms with Gasteiger partial charge in [0.2, 0.25) is 0 Å². The number of hydrogen-bond donors (Lipinski definition) is 1. The molecule has 0 aliphatic rings. The van der Waals surface area contributed by atoms with Crippen LogP contribution in [-0.4, -0.2) is 33.3 Å². The molecule has 1 aromatic rings. The summed E-state index contributed by atoms with van der Waals surface area (Å²) in [5, 5.41) is 18.0. The van der Waals surface area contributed by atoms with Crippen LogP contribution < -0.4 is 0 Å². The normalized spacial score (nSPS) is 14.1. The van der Waals surface area contributed by atoms with E-state index in [0.717, 1.165) is 23.2 Å². The molecule has 1 atom stereocenters.